The lowest BCUT2D eigenvalue weighted by atomic mass is 9.74. The van der Waals surface area contributed by atoms with Crippen LogP contribution in [0.4, 0.5) is 0 Å². The maximum atomic E-state index is 12.1. The van der Waals surface area contributed by atoms with Crippen molar-refractivity contribution in [3.8, 4) is 0 Å². The summed E-state index contributed by atoms with van der Waals surface area (Å²) >= 11 is 0. The number of unbranched alkanes of at least 4 members (excludes halogenated alkanes) is 9. The Labute approximate surface area is 201 Å². The van der Waals surface area contributed by atoms with Gasteiger partial charge in [0.2, 0.25) is 5.91 Å². The molecule has 0 aliphatic heterocycles. The van der Waals surface area contributed by atoms with Crippen molar-refractivity contribution in [1.82, 2.24) is 5.32 Å². The predicted octanol–water partition coefficient (Wildman–Crippen LogP) is 2.94. The van der Waals surface area contributed by atoms with Crippen molar-refractivity contribution >= 4 is 33.9 Å². The van der Waals surface area contributed by atoms with Crippen LogP contribution < -0.4 is 5.32 Å². The molecule has 0 rings (SSSR count). The maximum absolute atomic E-state index is 12.1. The topological polar surface area (TPSA) is 195 Å². The lowest BCUT2D eigenvalue weighted by molar-refractivity contribution is -0.168. The van der Waals surface area contributed by atoms with Gasteiger partial charge in [0.05, 0.1) is 6.42 Å². The molecule has 0 radical (unpaired) electrons. The van der Waals surface area contributed by atoms with Crippen molar-refractivity contribution in [3.05, 3.63) is 0 Å². The number of carboxylic acid groups (broad SMARTS) is 3. The molecule has 2 atom stereocenters. The Balaban J connectivity index is 4.92. The molecule has 0 saturated heterocycles. The van der Waals surface area contributed by atoms with E-state index < -0.39 is 63.5 Å². The minimum atomic E-state index is -5.03. The Morgan fingerprint density at radius 2 is 1.26 bits per heavy atom. The SMILES string of the molecule is CCCCCCCCCCCCC(CNC(=O)CC(C(=O)O)S(=O)(=O)O)C(C)(C(=O)O)C(=O)O. The van der Waals surface area contributed by atoms with Gasteiger partial charge in [0.25, 0.3) is 10.1 Å². The number of rotatable bonds is 20. The van der Waals surface area contributed by atoms with Gasteiger partial charge in [-0.15, -0.1) is 0 Å². The molecule has 34 heavy (non-hydrogen) atoms. The van der Waals surface area contributed by atoms with Crippen LogP contribution in [0.25, 0.3) is 0 Å². The molecule has 0 bridgehead atoms. The normalized spacial score (nSPS) is 13.7. The predicted molar refractivity (Wildman–Crippen MR) is 124 cm³/mol. The maximum Gasteiger partial charge on any atom is 0.324 e. The van der Waals surface area contributed by atoms with Gasteiger partial charge in [0.1, 0.15) is 0 Å². The zero-order valence-corrected chi connectivity index (χ0v) is 20.8. The van der Waals surface area contributed by atoms with Crippen molar-refractivity contribution in [3.63, 3.8) is 0 Å². The van der Waals surface area contributed by atoms with Crippen LogP contribution in [0.1, 0.15) is 90.9 Å². The molecule has 12 heteroatoms. The molecule has 1 amide bonds. The molecule has 0 aromatic heterocycles. The number of aliphatic carboxylic acids is 3. The van der Waals surface area contributed by atoms with Crippen LogP contribution in [0, 0.1) is 11.3 Å². The number of hydrogen-bond donors (Lipinski definition) is 5. The second-order valence-electron chi connectivity index (χ2n) is 8.83. The molecule has 0 aliphatic carbocycles. The first kappa shape index (κ1) is 31.8. The largest absolute Gasteiger partial charge is 0.480 e. The van der Waals surface area contributed by atoms with Gasteiger partial charge in [-0.3, -0.25) is 23.7 Å². The third-order valence-electron chi connectivity index (χ3n) is 6.16. The molecule has 0 fully saturated rings. The highest BCUT2D eigenvalue weighted by Crippen LogP contribution is 2.32. The van der Waals surface area contributed by atoms with Crippen molar-refractivity contribution in [1.29, 1.82) is 0 Å². The van der Waals surface area contributed by atoms with Crippen LogP contribution in [0.15, 0.2) is 0 Å². The fourth-order valence-electron chi connectivity index (χ4n) is 3.71. The van der Waals surface area contributed by atoms with Gasteiger partial charge >= 0.3 is 17.9 Å². The van der Waals surface area contributed by atoms with Gasteiger partial charge < -0.3 is 20.6 Å². The molecule has 0 spiro atoms. The Hall–Kier alpha value is -2.21. The number of carboxylic acids is 3. The highest BCUT2D eigenvalue weighted by Gasteiger charge is 2.48. The summed E-state index contributed by atoms with van der Waals surface area (Å²) in [7, 11) is -5.03. The summed E-state index contributed by atoms with van der Waals surface area (Å²) in [5, 5.41) is 27.8. The smallest absolute Gasteiger partial charge is 0.324 e. The second kappa shape index (κ2) is 15.6. The van der Waals surface area contributed by atoms with Gasteiger partial charge in [-0.2, -0.15) is 8.42 Å². The highest BCUT2D eigenvalue weighted by atomic mass is 32.2. The summed E-state index contributed by atoms with van der Waals surface area (Å²) in [5.41, 5.74) is -2.21. The number of amides is 1. The van der Waals surface area contributed by atoms with Crippen molar-refractivity contribution in [2.75, 3.05) is 6.54 Å². The van der Waals surface area contributed by atoms with E-state index in [2.05, 4.69) is 12.2 Å². The molecule has 0 aromatic carbocycles. The zero-order valence-electron chi connectivity index (χ0n) is 20.0. The van der Waals surface area contributed by atoms with E-state index in [0.29, 0.717) is 6.42 Å². The van der Waals surface area contributed by atoms with E-state index in [1.54, 1.807) is 0 Å². The first-order valence-electron chi connectivity index (χ1n) is 11.7. The lowest BCUT2D eigenvalue weighted by Gasteiger charge is -2.30. The lowest BCUT2D eigenvalue weighted by Crippen LogP contribution is -2.48. The van der Waals surface area contributed by atoms with Crippen molar-refractivity contribution in [2.45, 2.75) is 96.1 Å². The average molecular weight is 510 g/mol. The molecule has 0 heterocycles. The zero-order chi connectivity index (χ0) is 26.4. The standard InChI is InChI=1S/C22H39NO10S/c1-3-4-5-6-7-8-9-10-11-12-13-16(22(2,20(27)28)21(29)30)15-23-18(24)14-17(19(25)26)34(31,32)33/h16-17H,3-15H2,1-2H3,(H,23,24)(H,25,26)(H,27,28)(H,29,30)(H,31,32,33). The van der Waals surface area contributed by atoms with Gasteiger partial charge in [0, 0.05) is 12.5 Å². The third kappa shape index (κ3) is 11.3. The van der Waals surface area contributed by atoms with E-state index in [1.165, 1.54) is 25.7 Å². The third-order valence-corrected chi connectivity index (χ3v) is 7.25. The second-order valence-corrected chi connectivity index (χ2v) is 10.4. The molecule has 11 nitrogen and oxygen atoms in total. The summed E-state index contributed by atoms with van der Waals surface area (Å²) < 4.78 is 31.2. The van der Waals surface area contributed by atoms with Crippen molar-refractivity contribution in [2.24, 2.45) is 11.3 Å². The van der Waals surface area contributed by atoms with Gasteiger partial charge in [-0.25, -0.2) is 0 Å². The average Bonchev–Trinajstić information content (AvgIpc) is 2.73. The van der Waals surface area contributed by atoms with E-state index in [4.69, 9.17) is 9.66 Å². The first-order chi connectivity index (χ1) is 15.8. The Kier molecular flexibility index (Phi) is 14.6. The monoisotopic (exact) mass is 509 g/mol. The Morgan fingerprint density at radius 1 is 0.824 bits per heavy atom. The van der Waals surface area contributed by atoms with Gasteiger partial charge in [-0.05, 0) is 13.3 Å². The van der Waals surface area contributed by atoms with Crippen molar-refractivity contribution < 1.29 is 47.5 Å². The van der Waals surface area contributed by atoms with Crippen LogP contribution in [-0.2, 0) is 29.3 Å². The minimum absolute atomic E-state index is 0.187. The van der Waals surface area contributed by atoms with Crippen LogP contribution in [0.5, 0.6) is 0 Å². The van der Waals surface area contributed by atoms with E-state index in [-0.39, 0.29) is 6.42 Å². The molecule has 2 unspecified atom stereocenters. The number of carbonyl (C=O) groups is 4. The quantitative estimate of drug-likeness (QED) is 0.0924. The molecule has 198 valence electrons. The van der Waals surface area contributed by atoms with Gasteiger partial charge in [-0.1, -0.05) is 71.1 Å². The summed E-state index contributed by atoms with van der Waals surface area (Å²) in [6.45, 7) is 2.80. The number of nitrogens with one attached hydrogen (secondary N) is 1. The fraction of sp³-hybridized carbons (Fsp3) is 0.818. The summed E-state index contributed by atoms with van der Waals surface area (Å²) in [6, 6.07) is 0. The number of carbonyl (C=O) groups excluding carboxylic acids is 1. The Morgan fingerprint density at radius 3 is 1.65 bits per heavy atom. The van der Waals surface area contributed by atoms with Crippen LogP contribution in [-0.4, -0.2) is 63.9 Å². The summed E-state index contributed by atoms with van der Waals surface area (Å²) in [6.07, 6.45) is 9.44. The molecule has 0 saturated carbocycles. The van der Waals surface area contributed by atoms with Crippen LogP contribution >= 0.6 is 0 Å². The van der Waals surface area contributed by atoms with E-state index >= 15 is 0 Å². The molecular weight excluding hydrogens is 470 g/mol. The fourth-order valence-corrected chi connectivity index (χ4v) is 4.33. The minimum Gasteiger partial charge on any atom is -0.480 e. The molecular formula is C22H39NO10S. The van der Waals surface area contributed by atoms with E-state index in [0.717, 1.165) is 39.0 Å². The molecule has 0 aliphatic rings. The van der Waals surface area contributed by atoms with E-state index in [1.807, 2.05) is 0 Å². The van der Waals surface area contributed by atoms with Gasteiger partial charge in [0.15, 0.2) is 10.7 Å². The number of hydrogen-bond acceptors (Lipinski definition) is 6. The Bertz CT molecular complexity index is 767. The van der Waals surface area contributed by atoms with Crippen LogP contribution in [0.3, 0.4) is 0 Å². The summed E-state index contributed by atoms with van der Waals surface area (Å²) in [5.74, 6) is -7.15. The van der Waals surface area contributed by atoms with Crippen LogP contribution in [0.2, 0.25) is 0 Å². The first-order valence-corrected chi connectivity index (χ1v) is 13.2. The molecule has 5 N–H and O–H groups in total. The van der Waals surface area contributed by atoms with E-state index in [9.17, 15) is 37.8 Å². The summed E-state index contributed by atoms with van der Waals surface area (Å²) in [4.78, 5) is 46.6. The highest BCUT2D eigenvalue weighted by molar-refractivity contribution is 7.87. The molecule has 0 aromatic rings.